The van der Waals surface area contributed by atoms with E-state index in [4.69, 9.17) is 5.14 Å². The Labute approximate surface area is 143 Å². The van der Waals surface area contributed by atoms with Gasteiger partial charge >= 0.3 is 0 Å². The van der Waals surface area contributed by atoms with E-state index in [1.54, 1.807) is 0 Å². The number of nitrogens with two attached hydrogens (primary N) is 1. The van der Waals surface area contributed by atoms with Crippen LogP contribution in [0.3, 0.4) is 0 Å². The maximum absolute atomic E-state index is 12.8. The Bertz CT molecular complexity index is 877. The smallest absolute Gasteiger partial charge is 0.225 e. The Hall–Kier alpha value is -0.960. The molecule has 0 spiro atoms. The molecule has 0 aromatic heterocycles. The van der Waals surface area contributed by atoms with Crippen molar-refractivity contribution in [3.05, 3.63) is 24.3 Å². The van der Waals surface area contributed by atoms with Gasteiger partial charge in [-0.05, 0) is 54.2 Å². The summed E-state index contributed by atoms with van der Waals surface area (Å²) in [6, 6.07) is 5.03. The molecule has 1 aromatic carbocycles. The summed E-state index contributed by atoms with van der Waals surface area (Å²) < 4.78 is 51.2. The molecule has 3 rings (SSSR count). The third-order valence-electron chi connectivity index (χ3n) is 6.54. The van der Waals surface area contributed by atoms with Crippen LogP contribution in [0.4, 0.5) is 0 Å². The van der Waals surface area contributed by atoms with Crippen LogP contribution in [-0.2, 0) is 20.0 Å². The van der Waals surface area contributed by atoms with Crippen molar-refractivity contribution in [1.29, 1.82) is 0 Å². The van der Waals surface area contributed by atoms with E-state index in [-0.39, 0.29) is 26.7 Å². The molecule has 2 aliphatic rings. The first kappa shape index (κ1) is 17.8. The van der Waals surface area contributed by atoms with Crippen molar-refractivity contribution in [3.8, 4) is 0 Å². The third kappa shape index (κ3) is 2.60. The number of rotatable bonds is 4. The molecule has 0 saturated heterocycles. The largest absolute Gasteiger partial charge is 0.240 e. The van der Waals surface area contributed by atoms with Crippen molar-refractivity contribution in [2.75, 3.05) is 0 Å². The zero-order valence-electron chi connectivity index (χ0n) is 14.1. The topological polar surface area (TPSA) is 106 Å². The molecule has 134 valence electrons. The number of nitrogens with one attached hydrogen (secondary N) is 1. The van der Waals surface area contributed by atoms with Gasteiger partial charge < -0.3 is 0 Å². The molecular weight excluding hydrogens is 348 g/mol. The highest BCUT2D eigenvalue weighted by molar-refractivity contribution is 7.90. The summed E-state index contributed by atoms with van der Waals surface area (Å²) in [7, 11) is -7.75. The lowest BCUT2D eigenvalue weighted by Crippen LogP contribution is -2.46. The molecule has 3 unspecified atom stereocenters. The first-order chi connectivity index (χ1) is 10.9. The minimum Gasteiger partial charge on any atom is -0.225 e. The first-order valence-corrected chi connectivity index (χ1v) is 11.1. The number of hydrogen-bond donors (Lipinski definition) is 2. The molecule has 3 N–H and O–H groups in total. The van der Waals surface area contributed by atoms with Gasteiger partial charge in [-0.2, -0.15) is 0 Å². The van der Waals surface area contributed by atoms with Crippen LogP contribution in [0.2, 0.25) is 0 Å². The van der Waals surface area contributed by atoms with Crippen LogP contribution in [0.25, 0.3) is 0 Å². The molecule has 2 aliphatic carbocycles. The van der Waals surface area contributed by atoms with E-state index < -0.39 is 20.0 Å². The summed E-state index contributed by atoms with van der Waals surface area (Å²) in [6.07, 6.45) is 2.94. The van der Waals surface area contributed by atoms with Gasteiger partial charge in [0.05, 0.1) is 9.79 Å². The summed E-state index contributed by atoms with van der Waals surface area (Å²) in [5, 5.41) is 5.10. The van der Waals surface area contributed by atoms with Crippen LogP contribution >= 0.6 is 0 Å². The summed E-state index contributed by atoms with van der Waals surface area (Å²) in [5.74, 6) is 0.506. The average molecular weight is 373 g/mol. The normalized spacial score (nSPS) is 32.2. The molecule has 1 aromatic rings. The maximum Gasteiger partial charge on any atom is 0.240 e. The third-order valence-corrected chi connectivity index (χ3v) is 8.92. The quantitative estimate of drug-likeness (QED) is 0.841. The minimum atomic E-state index is -3.94. The van der Waals surface area contributed by atoms with E-state index in [9.17, 15) is 16.8 Å². The molecule has 6 nitrogen and oxygen atoms in total. The molecule has 0 aliphatic heterocycles. The highest BCUT2D eigenvalue weighted by atomic mass is 32.2. The van der Waals surface area contributed by atoms with Crippen molar-refractivity contribution in [2.45, 2.75) is 55.9 Å². The Kier molecular flexibility index (Phi) is 3.92. The van der Waals surface area contributed by atoms with Gasteiger partial charge in [-0.1, -0.05) is 26.8 Å². The minimum absolute atomic E-state index is 0.0711. The van der Waals surface area contributed by atoms with Crippen molar-refractivity contribution in [3.63, 3.8) is 0 Å². The lowest BCUT2D eigenvalue weighted by molar-refractivity contribution is 0.130. The van der Waals surface area contributed by atoms with Crippen molar-refractivity contribution >= 4 is 20.0 Å². The predicted molar refractivity (Wildman–Crippen MR) is 91.2 cm³/mol. The van der Waals surface area contributed by atoms with Gasteiger partial charge in [0.25, 0.3) is 0 Å². The standard InChI is InChI=1S/C16H24N2O4S2/c1-15(2)11-7-8-16(15,3)14(9-11)18-24(21,22)13-6-4-5-12(10-13)23(17,19)20/h4-6,10-11,14,18H,7-9H2,1-3H3,(H2,17,19,20). The molecule has 2 fully saturated rings. The van der Waals surface area contributed by atoms with Crippen LogP contribution in [-0.4, -0.2) is 22.9 Å². The number of primary sulfonamides is 1. The molecule has 2 bridgehead atoms. The number of fused-ring (bicyclic) bond motifs is 2. The fourth-order valence-corrected chi connectivity index (χ4v) is 6.50. The van der Waals surface area contributed by atoms with E-state index in [0.29, 0.717) is 5.92 Å². The molecule has 0 radical (unpaired) electrons. The zero-order chi connectivity index (χ0) is 18.0. The van der Waals surface area contributed by atoms with Crippen LogP contribution in [0.1, 0.15) is 40.0 Å². The Balaban J connectivity index is 1.91. The van der Waals surface area contributed by atoms with Gasteiger partial charge in [0.15, 0.2) is 0 Å². The first-order valence-electron chi connectivity index (χ1n) is 8.03. The molecule has 24 heavy (non-hydrogen) atoms. The highest BCUT2D eigenvalue weighted by Crippen LogP contribution is 2.65. The fourth-order valence-electron chi connectivity index (χ4n) is 4.46. The van der Waals surface area contributed by atoms with Crippen molar-refractivity contribution in [2.24, 2.45) is 21.9 Å². The lowest BCUT2D eigenvalue weighted by atomic mass is 9.69. The number of hydrogen-bond acceptors (Lipinski definition) is 4. The molecular formula is C16H24N2O4S2. The van der Waals surface area contributed by atoms with Crippen molar-refractivity contribution < 1.29 is 16.8 Å². The van der Waals surface area contributed by atoms with Gasteiger partial charge in [0, 0.05) is 6.04 Å². The molecule has 2 saturated carbocycles. The van der Waals surface area contributed by atoms with Gasteiger partial charge in [0.1, 0.15) is 0 Å². The van der Waals surface area contributed by atoms with E-state index in [0.717, 1.165) is 25.3 Å². The van der Waals surface area contributed by atoms with E-state index in [1.165, 1.54) is 18.2 Å². The second-order valence-corrected chi connectivity index (χ2v) is 11.1. The van der Waals surface area contributed by atoms with Crippen molar-refractivity contribution in [1.82, 2.24) is 4.72 Å². The van der Waals surface area contributed by atoms with Gasteiger partial charge in [0.2, 0.25) is 20.0 Å². The molecule has 3 atom stereocenters. The average Bonchev–Trinajstić information content (AvgIpc) is 2.79. The van der Waals surface area contributed by atoms with Gasteiger partial charge in [-0.25, -0.2) is 26.7 Å². The maximum atomic E-state index is 12.8. The predicted octanol–water partition coefficient (Wildman–Crippen LogP) is 1.83. The Morgan fingerprint density at radius 1 is 1.12 bits per heavy atom. The molecule has 8 heteroatoms. The van der Waals surface area contributed by atoms with Crippen LogP contribution < -0.4 is 9.86 Å². The van der Waals surface area contributed by atoms with Crippen LogP contribution in [0.15, 0.2) is 34.1 Å². The van der Waals surface area contributed by atoms with E-state index in [2.05, 4.69) is 25.5 Å². The zero-order valence-corrected chi connectivity index (χ0v) is 15.7. The Morgan fingerprint density at radius 3 is 2.25 bits per heavy atom. The van der Waals surface area contributed by atoms with E-state index in [1.807, 2.05) is 0 Å². The summed E-state index contributed by atoms with van der Waals surface area (Å²) in [6.45, 7) is 6.56. The van der Waals surface area contributed by atoms with Crippen LogP contribution in [0, 0.1) is 16.7 Å². The summed E-state index contributed by atoms with van der Waals surface area (Å²) in [5.41, 5.74) is -0.00900. The highest BCUT2D eigenvalue weighted by Gasteiger charge is 2.61. The van der Waals surface area contributed by atoms with Gasteiger partial charge in [-0.15, -0.1) is 0 Å². The molecule has 0 amide bonds. The fraction of sp³-hybridized carbons (Fsp3) is 0.625. The SMILES string of the molecule is CC1(C)C2CCC1(C)C(NS(=O)(=O)c1cccc(S(N)(=O)=O)c1)C2. The second-order valence-electron chi connectivity index (χ2n) is 7.80. The Morgan fingerprint density at radius 2 is 1.75 bits per heavy atom. The second kappa shape index (κ2) is 5.27. The molecule has 0 heterocycles. The number of benzene rings is 1. The lowest BCUT2D eigenvalue weighted by Gasteiger charge is -2.39. The summed E-state index contributed by atoms with van der Waals surface area (Å²) >= 11 is 0. The van der Waals surface area contributed by atoms with Gasteiger partial charge in [-0.3, -0.25) is 0 Å². The van der Waals surface area contributed by atoms with Crippen LogP contribution in [0.5, 0.6) is 0 Å². The van der Waals surface area contributed by atoms with E-state index >= 15 is 0 Å². The summed E-state index contributed by atoms with van der Waals surface area (Å²) in [4.78, 5) is -0.275. The number of sulfonamides is 2. The monoisotopic (exact) mass is 372 g/mol.